The first-order valence-corrected chi connectivity index (χ1v) is 11.8. The molecular weight excluding hydrogens is 471 g/mol. The number of halogens is 3. The Balaban J connectivity index is 2.00. The van der Waals surface area contributed by atoms with Crippen LogP contribution in [0.3, 0.4) is 0 Å². The molecule has 0 saturated carbocycles. The monoisotopic (exact) mass is 487 g/mol. The van der Waals surface area contributed by atoms with Crippen molar-refractivity contribution in [3.63, 3.8) is 0 Å². The molecule has 0 unspecified atom stereocenters. The molecule has 13 heteroatoms. The number of benzene rings is 2. The summed E-state index contributed by atoms with van der Waals surface area (Å²) >= 11 is 0. The van der Waals surface area contributed by atoms with Crippen LogP contribution < -0.4 is 8.91 Å². The lowest BCUT2D eigenvalue weighted by Crippen LogP contribution is -2.28. The molecule has 0 saturated heterocycles. The van der Waals surface area contributed by atoms with E-state index in [-0.39, 0.29) is 22.8 Å². The zero-order chi connectivity index (χ0) is 23.6. The zero-order valence-electron chi connectivity index (χ0n) is 16.4. The SMILES string of the molecule is Cc1ccc(S(=O)(=O)Nc2ncc(OS(=O)(=O)C(F)(F)F)nc2Cc2ccccc2)cc1. The van der Waals surface area contributed by atoms with Crippen LogP contribution in [-0.4, -0.2) is 32.3 Å². The van der Waals surface area contributed by atoms with Crippen molar-refractivity contribution >= 4 is 26.0 Å². The van der Waals surface area contributed by atoms with Gasteiger partial charge in [0.15, 0.2) is 5.82 Å². The van der Waals surface area contributed by atoms with Gasteiger partial charge in [-0.3, -0.25) is 4.72 Å². The van der Waals surface area contributed by atoms with Crippen LogP contribution in [0.25, 0.3) is 0 Å². The number of aryl methyl sites for hydroxylation is 1. The number of hydrogen-bond acceptors (Lipinski definition) is 7. The third-order valence-electron chi connectivity index (χ3n) is 4.08. The molecule has 3 rings (SSSR count). The van der Waals surface area contributed by atoms with Gasteiger partial charge in [-0.05, 0) is 24.6 Å². The molecule has 1 N–H and O–H groups in total. The summed E-state index contributed by atoms with van der Waals surface area (Å²) in [5, 5.41) is 0. The minimum absolute atomic E-state index is 0.0666. The predicted molar refractivity (Wildman–Crippen MR) is 109 cm³/mol. The number of hydrogen-bond donors (Lipinski definition) is 1. The molecule has 1 heterocycles. The molecular formula is C19H16F3N3O5S2. The lowest BCUT2D eigenvalue weighted by atomic mass is 10.1. The Morgan fingerprint density at radius 1 is 0.969 bits per heavy atom. The van der Waals surface area contributed by atoms with E-state index in [1.165, 1.54) is 12.1 Å². The van der Waals surface area contributed by atoms with Gasteiger partial charge in [0.25, 0.3) is 15.9 Å². The van der Waals surface area contributed by atoms with Crippen LogP contribution in [-0.2, 0) is 26.6 Å². The summed E-state index contributed by atoms with van der Waals surface area (Å²) < 4.78 is 92.2. The lowest BCUT2D eigenvalue weighted by molar-refractivity contribution is -0.0501. The third kappa shape index (κ3) is 5.53. The van der Waals surface area contributed by atoms with Gasteiger partial charge in [-0.1, -0.05) is 48.0 Å². The summed E-state index contributed by atoms with van der Waals surface area (Å²) in [4.78, 5) is 7.45. The molecule has 0 spiro atoms. The van der Waals surface area contributed by atoms with E-state index in [0.29, 0.717) is 11.8 Å². The van der Waals surface area contributed by atoms with Gasteiger partial charge in [0.2, 0.25) is 0 Å². The quantitative estimate of drug-likeness (QED) is 0.401. The minimum Gasteiger partial charge on any atom is -0.354 e. The average Bonchev–Trinajstić information content (AvgIpc) is 2.70. The van der Waals surface area contributed by atoms with Gasteiger partial charge in [0, 0.05) is 6.42 Å². The Kier molecular flexibility index (Phi) is 6.41. The molecule has 3 aromatic rings. The van der Waals surface area contributed by atoms with E-state index in [1.54, 1.807) is 49.4 Å². The Morgan fingerprint density at radius 3 is 2.19 bits per heavy atom. The fourth-order valence-corrected chi connectivity index (χ4v) is 3.95. The maximum atomic E-state index is 12.7. The van der Waals surface area contributed by atoms with Crippen LogP contribution in [0, 0.1) is 6.92 Å². The number of nitrogens with one attached hydrogen (secondary N) is 1. The summed E-state index contributed by atoms with van der Waals surface area (Å²) in [5.74, 6) is -1.24. The highest BCUT2D eigenvalue weighted by molar-refractivity contribution is 7.92. The predicted octanol–water partition coefficient (Wildman–Crippen LogP) is 3.41. The molecule has 0 fully saturated rings. The van der Waals surface area contributed by atoms with E-state index in [2.05, 4.69) is 18.9 Å². The third-order valence-corrected chi connectivity index (χ3v) is 6.39. The number of rotatable bonds is 7. The van der Waals surface area contributed by atoms with Crippen molar-refractivity contribution in [2.24, 2.45) is 0 Å². The summed E-state index contributed by atoms with van der Waals surface area (Å²) in [7, 11) is -10.1. The molecule has 2 aromatic carbocycles. The summed E-state index contributed by atoms with van der Waals surface area (Å²) in [6.07, 6.45) is 0.521. The largest absolute Gasteiger partial charge is 0.534 e. The molecule has 0 aliphatic rings. The van der Waals surface area contributed by atoms with Crippen LogP contribution in [0.4, 0.5) is 19.0 Å². The van der Waals surface area contributed by atoms with Crippen LogP contribution in [0.15, 0.2) is 65.7 Å². The van der Waals surface area contributed by atoms with E-state index in [4.69, 9.17) is 0 Å². The summed E-state index contributed by atoms with van der Waals surface area (Å²) in [5.41, 5.74) is -4.35. The molecule has 170 valence electrons. The van der Waals surface area contributed by atoms with Crippen molar-refractivity contribution < 1.29 is 34.2 Å². The van der Waals surface area contributed by atoms with Crippen LogP contribution >= 0.6 is 0 Å². The number of nitrogens with zero attached hydrogens (tertiary/aromatic N) is 2. The van der Waals surface area contributed by atoms with Gasteiger partial charge in [0.05, 0.1) is 16.8 Å². The summed E-state index contributed by atoms with van der Waals surface area (Å²) in [6, 6.07) is 14.4. The fraction of sp³-hybridized carbons (Fsp3) is 0.158. The maximum Gasteiger partial charge on any atom is 0.534 e. The Bertz CT molecular complexity index is 1310. The topological polar surface area (TPSA) is 115 Å². The second kappa shape index (κ2) is 8.74. The van der Waals surface area contributed by atoms with Gasteiger partial charge in [0.1, 0.15) is 0 Å². The maximum absolute atomic E-state index is 12.7. The van der Waals surface area contributed by atoms with Gasteiger partial charge in [-0.15, -0.1) is 0 Å². The van der Waals surface area contributed by atoms with Crippen molar-refractivity contribution in [2.75, 3.05) is 4.72 Å². The number of alkyl halides is 3. The van der Waals surface area contributed by atoms with Crippen molar-refractivity contribution in [1.29, 1.82) is 0 Å². The van der Waals surface area contributed by atoms with E-state index in [0.717, 1.165) is 5.56 Å². The second-order valence-electron chi connectivity index (χ2n) is 6.57. The van der Waals surface area contributed by atoms with E-state index >= 15 is 0 Å². The highest BCUT2D eigenvalue weighted by Crippen LogP contribution is 2.27. The van der Waals surface area contributed by atoms with Crippen molar-refractivity contribution in [3.8, 4) is 5.88 Å². The van der Waals surface area contributed by atoms with Crippen LogP contribution in [0.1, 0.15) is 16.8 Å². The number of anilines is 1. The number of aromatic nitrogens is 2. The van der Waals surface area contributed by atoms with Gasteiger partial charge >= 0.3 is 15.6 Å². The lowest BCUT2D eigenvalue weighted by Gasteiger charge is -2.14. The average molecular weight is 487 g/mol. The van der Waals surface area contributed by atoms with Crippen molar-refractivity contribution in [2.45, 2.75) is 23.7 Å². The molecule has 8 nitrogen and oxygen atoms in total. The fourth-order valence-electron chi connectivity index (χ4n) is 2.51. The first kappa shape index (κ1) is 23.5. The standard InChI is InChI=1S/C19H16F3N3O5S2/c1-13-7-9-15(10-8-13)31(26,27)25-18-16(11-14-5-3-2-4-6-14)24-17(12-23-18)30-32(28,29)19(20,21)22/h2-10,12H,11H2,1H3,(H,23,25). The molecule has 0 atom stereocenters. The Hall–Kier alpha value is -3.19. The molecule has 0 aliphatic heterocycles. The highest BCUT2D eigenvalue weighted by atomic mass is 32.2. The van der Waals surface area contributed by atoms with Crippen molar-refractivity contribution in [1.82, 2.24) is 9.97 Å². The Morgan fingerprint density at radius 2 is 1.59 bits per heavy atom. The van der Waals surface area contributed by atoms with Gasteiger partial charge in [-0.25, -0.2) is 18.4 Å². The van der Waals surface area contributed by atoms with E-state index in [1.807, 2.05) is 0 Å². The summed E-state index contributed by atoms with van der Waals surface area (Å²) in [6.45, 7) is 1.78. The van der Waals surface area contributed by atoms with Crippen LogP contribution in [0.5, 0.6) is 5.88 Å². The molecule has 1 aromatic heterocycles. The smallest absolute Gasteiger partial charge is 0.354 e. The first-order chi connectivity index (χ1) is 14.9. The molecule has 0 bridgehead atoms. The van der Waals surface area contributed by atoms with Crippen molar-refractivity contribution in [3.05, 3.63) is 77.6 Å². The van der Waals surface area contributed by atoms with Gasteiger partial charge in [-0.2, -0.15) is 21.6 Å². The molecule has 0 radical (unpaired) electrons. The highest BCUT2D eigenvalue weighted by Gasteiger charge is 2.49. The van der Waals surface area contributed by atoms with Gasteiger partial charge < -0.3 is 4.18 Å². The second-order valence-corrected chi connectivity index (χ2v) is 9.79. The van der Waals surface area contributed by atoms with E-state index in [9.17, 15) is 30.0 Å². The van der Waals surface area contributed by atoms with Crippen LogP contribution in [0.2, 0.25) is 0 Å². The first-order valence-electron chi connectivity index (χ1n) is 8.87. The Labute approximate surface area is 182 Å². The van der Waals surface area contributed by atoms with E-state index < -0.39 is 31.5 Å². The molecule has 0 aliphatic carbocycles. The minimum atomic E-state index is -5.98. The number of sulfonamides is 1. The molecule has 0 amide bonds. The molecule has 32 heavy (non-hydrogen) atoms. The zero-order valence-corrected chi connectivity index (χ0v) is 18.0. The normalized spacial score (nSPS) is 12.4.